The summed E-state index contributed by atoms with van der Waals surface area (Å²) in [5.41, 5.74) is 0. The summed E-state index contributed by atoms with van der Waals surface area (Å²) in [4.78, 5) is 23.2. The Labute approximate surface area is 317 Å². The van der Waals surface area contributed by atoms with Gasteiger partial charge in [0.15, 0.2) is 0 Å². The van der Waals surface area contributed by atoms with Crippen LogP contribution in [0, 0.1) is 0 Å². The summed E-state index contributed by atoms with van der Waals surface area (Å²) in [6, 6.07) is -1.26. The molecule has 1 saturated carbocycles. The van der Waals surface area contributed by atoms with E-state index in [9.17, 15) is 50.0 Å². The standard InChI is InChI=1S/C39H72NO12P/c1-3-5-7-9-11-13-14-15-16-17-18-19-20-22-24-26-30(41)28-33(43)40-31(32(42)27-25-23-21-12-10-8-6-4-2)29-51-53(49,50)52-39-37(47)35(45)34(44)36(46)38(39)48/h10,12,15-16,25,27,30-32,34-39,41-42,44-48H,3-9,11,13-14,17-24,26,28-29H2,1-2H3,(H,40,43)(H,49,50)/b12-10+,16-15-,27-25+. The first-order chi connectivity index (χ1) is 25.3. The molecular weight excluding hydrogens is 705 g/mol. The van der Waals surface area contributed by atoms with Gasteiger partial charge in [-0.3, -0.25) is 13.8 Å². The van der Waals surface area contributed by atoms with Gasteiger partial charge in [-0.05, 0) is 51.4 Å². The number of rotatable bonds is 31. The number of hydrogen-bond donors (Lipinski definition) is 9. The number of hydrogen-bond acceptors (Lipinski definition) is 11. The molecule has 0 radical (unpaired) electrons. The Morgan fingerprint density at radius 3 is 1.72 bits per heavy atom. The summed E-state index contributed by atoms with van der Waals surface area (Å²) in [5.74, 6) is -0.614. The van der Waals surface area contributed by atoms with Crippen LogP contribution in [0.2, 0.25) is 0 Å². The Morgan fingerprint density at radius 1 is 0.660 bits per heavy atom. The molecule has 0 aliphatic heterocycles. The van der Waals surface area contributed by atoms with Crippen LogP contribution in [0.4, 0.5) is 0 Å². The van der Waals surface area contributed by atoms with Crippen LogP contribution in [0.25, 0.3) is 0 Å². The van der Waals surface area contributed by atoms with Gasteiger partial charge in [-0.2, -0.15) is 0 Å². The number of carbonyl (C=O) groups is 1. The number of aliphatic hydroxyl groups is 7. The van der Waals surface area contributed by atoms with Gasteiger partial charge < -0.3 is 46.0 Å². The minimum absolute atomic E-state index is 0.259. The zero-order chi connectivity index (χ0) is 39.5. The first-order valence-corrected chi connectivity index (χ1v) is 21.5. The summed E-state index contributed by atoms with van der Waals surface area (Å²) < 4.78 is 22.7. The summed E-state index contributed by atoms with van der Waals surface area (Å²) in [6.07, 6.45) is 17.1. The Kier molecular flexibility index (Phi) is 27.8. The third kappa shape index (κ3) is 22.6. The number of allylic oxidation sites excluding steroid dienone is 5. The molecule has 1 amide bonds. The van der Waals surface area contributed by atoms with Crippen molar-refractivity contribution < 1.29 is 59.0 Å². The summed E-state index contributed by atoms with van der Waals surface area (Å²) in [6.45, 7) is 3.59. The number of aliphatic hydroxyl groups excluding tert-OH is 7. The van der Waals surface area contributed by atoms with Gasteiger partial charge in [0.05, 0.1) is 31.3 Å². The molecule has 0 aromatic heterocycles. The maximum atomic E-state index is 12.9. The van der Waals surface area contributed by atoms with Gasteiger partial charge in [0.25, 0.3) is 0 Å². The minimum atomic E-state index is -5.14. The highest BCUT2D eigenvalue weighted by Crippen LogP contribution is 2.47. The molecule has 0 aromatic carbocycles. The summed E-state index contributed by atoms with van der Waals surface area (Å²) in [5, 5.41) is 73.9. The van der Waals surface area contributed by atoms with Crippen LogP contribution in [0.15, 0.2) is 36.5 Å². The van der Waals surface area contributed by atoms with E-state index in [4.69, 9.17) is 9.05 Å². The first-order valence-electron chi connectivity index (χ1n) is 20.0. The van der Waals surface area contributed by atoms with Crippen LogP contribution in [-0.2, 0) is 18.4 Å². The first kappa shape index (κ1) is 49.5. The van der Waals surface area contributed by atoms with Gasteiger partial charge in [-0.15, -0.1) is 0 Å². The van der Waals surface area contributed by atoms with Crippen molar-refractivity contribution in [2.75, 3.05) is 6.61 Å². The Hall–Kier alpha value is -1.48. The molecule has 0 bridgehead atoms. The fourth-order valence-electron chi connectivity index (χ4n) is 6.06. The third-order valence-electron chi connectivity index (χ3n) is 9.45. The highest BCUT2D eigenvalue weighted by Gasteiger charge is 2.51. The fraction of sp³-hybridized carbons (Fsp3) is 0.821. The van der Waals surface area contributed by atoms with E-state index in [-0.39, 0.29) is 6.42 Å². The van der Waals surface area contributed by atoms with E-state index in [0.717, 1.165) is 70.6 Å². The lowest BCUT2D eigenvalue weighted by Crippen LogP contribution is -2.64. The van der Waals surface area contributed by atoms with E-state index in [1.807, 2.05) is 6.08 Å². The van der Waals surface area contributed by atoms with Crippen molar-refractivity contribution in [1.82, 2.24) is 5.32 Å². The molecule has 14 heteroatoms. The highest BCUT2D eigenvalue weighted by molar-refractivity contribution is 7.47. The van der Waals surface area contributed by atoms with Crippen LogP contribution >= 0.6 is 7.82 Å². The van der Waals surface area contributed by atoms with Gasteiger partial charge in [0.1, 0.15) is 36.6 Å². The summed E-state index contributed by atoms with van der Waals surface area (Å²) >= 11 is 0. The van der Waals surface area contributed by atoms with E-state index >= 15 is 0 Å². The van der Waals surface area contributed by atoms with Crippen molar-refractivity contribution in [2.45, 2.75) is 197 Å². The zero-order valence-electron chi connectivity index (χ0n) is 32.2. The van der Waals surface area contributed by atoms with Crippen molar-refractivity contribution in [3.05, 3.63) is 36.5 Å². The average molecular weight is 778 g/mol. The summed E-state index contributed by atoms with van der Waals surface area (Å²) in [7, 11) is -5.14. The predicted octanol–water partition coefficient (Wildman–Crippen LogP) is 5.02. The van der Waals surface area contributed by atoms with Crippen molar-refractivity contribution >= 4 is 13.7 Å². The lowest BCUT2D eigenvalue weighted by molar-refractivity contribution is -0.220. The molecule has 0 spiro atoms. The number of phosphoric ester groups is 1. The number of unbranched alkanes of at least 4 members (excludes halogenated alkanes) is 14. The van der Waals surface area contributed by atoms with Crippen LogP contribution in [0.3, 0.4) is 0 Å². The molecule has 9 N–H and O–H groups in total. The maximum absolute atomic E-state index is 12.9. The molecule has 8 atom stereocenters. The molecule has 1 rings (SSSR count). The lowest BCUT2D eigenvalue weighted by Gasteiger charge is -2.41. The molecule has 8 unspecified atom stereocenters. The molecule has 310 valence electrons. The molecular formula is C39H72NO12P. The topological polar surface area (TPSA) is 226 Å². The number of phosphoric acid groups is 1. The molecule has 0 aromatic rings. The predicted molar refractivity (Wildman–Crippen MR) is 206 cm³/mol. The monoisotopic (exact) mass is 777 g/mol. The molecule has 1 fully saturated rings. The van der Waals surface area contributed by atoms with Crippen molar-refractivity contribution in [3.8, 4) is 0 Å². The fourth-order valence-corrected chi connectivity index (χ4v) is 7.03. The largest absolute Gasteiger partial charge is 0.472 e. The van der Waals surface area contributed by atoms with Gasteiger partial charge in [-0.25, -0.2) is 4.57 Å². The third-order valence-corrected chi connectivity index (χ3v) is 10.4. The molecule has 1 aliphatic rings. The molecule has 0 saturated heterocycles. The Morgan fingerprint density at radius 2 is 1.13 bits per heavy atom. The quantitative estimate of drug-likeness (QED) is 0.0257. The second-order valence-corrected chi connectivity index (χ2v) is 15.7. The van der Waals surface area contributed by atoms with E-state index in [1.165, 1.54) is 44.6 Å². The minimum Gasteiger partial charge on any atom is -0.393 e. The molecule has 1 aliphatic carbocycles. The van der Waals surface area contributed by atoms with E-state index < -0.39 is 75.2 Å². The second kappa shape index (κ2) is 29.8. The van der Waals surface area contributed by atoms with E-state index in [1.54, 1.807) is 6.08 Å². The zero-order valence-corrected chi connectivity index (χ0v) is 33.1. The van der Waals surface area contributed by atoms with Crippen LogP contribution in [-0.4, -0.2) is 108 Å². The maximum Gasteiger partial charge on any atom is 0.472 e. The average Bonchev–Trinajstić information content (AvgIpc) is 3.12. The number of carbonyl (C=O) groups excluding carboxylic acids is 1. The lowest BCUT2D eigenvalue weighted by atomic mass is 9.85. The van der Waals surface area contributed by atoms with Gasteiger partial charge in [-0.1, -0.05) is 121 Å². The molecule has 53 heavy (non-hydrogen) atoms. The van der Waals surface area contributed by atoms with Crippen molar-refractivity contribution in [2.24, 2.45) is 0 Å². The Balaban J connectivity index is 2.59. The SMILES string of the molecule is CCCC/C=C/CC/C=C/C(O)C(COP(=O)(O)OC1C(O)C(O)C(O)C(O)C1O)NC(=O)CC(O)CCCCCCC/C=C\CCCCCCCC. The van der Waals surface area contributed by atoms with Crippen molar-refractivity contribution in [1.29, 1.82) is 0 Å². The van der Waals surface area contributed by atoms with E-state index in [0.29, 0.717) is 12.8 Å². The van der Waals surface area contributed by atoms with Gasteiger partial charge >= 0.3 is 7.82 Å². The van der Waals surface area contributed by atoms with Crippen LogP contribution in [0.5, 0.6) is 0 Å². The van der Waals surface area contributed by atoms with Crippen LogP contribution < -0.4 is 5.32 Å². The van der Waals surface area contributed by atoms with Crippen LogP contribution in [0.1, 0.15) is 142 Å². The smallest absolute Gasteiger partial charge is 0.393 e. The number of amides is 1. The molecule has 0 heterocycles. The molecule has 13 nitrogen and oxygen atoms in total. The van der Waals surface area contributed by atoms with Gasteiger partial charge in [0, 0.05) is 0 Å². The number of nitrogens with one attached hydrogen (secondary N) is 1. The highest BCUT2D eigenvalue weighted by atomic mass is 31.2. The normalized spacial score (nSPS) is 25.2. The van der Waals surface area contributed by atoms with Gasteiger partial charge in [0.2, 0.25) is 5.91 Å². The second-order valence-electron chi connectivity index (χ2n) is 14.3. The Bertz CT molecular complexity index is 1060. The van der Waals surface area contributed by atoms with Crippen molar-refractivity contribution in [3.63, 3.8) is 0 Å². The van der Waals surface area contributed by atoms with E-state index in [2.05, 4.69) is 37.4 Å².